The van der Waals surface area contributed by atoms with Gasteiger partial charge < -0.3 is 30.1 Å². The van der Waals surface area contributed by atoms with Gasteiger partial charge in [-0.2, -0.15) is 0 Å². The fraction of sp³-hybridized carbons (Fsp3) is 0.0619. The molecule has 0 fully saturated rings. The van der Waals surface area contributed by atoms with Crippen LogP contribution < -0.4 is 68.3 Å². The summed E-state index contributed by atoms with van der Waals surface area (Å²) in [6, 6.07) is 158. The van der Waals surface area contributed by atoms with Crippen molar-refractivity contribution in [2.45, 2.75) is 41.5 Å². The van der Waals surface area contributed by atoms with E-state index in [0.717, 1.165) is 56.2 Å². The molecule has 25 heteroatoms. The van der Waals surface area contributed by atoms with Crippen molar-refractivity contribution < 1.29 is 111 Å². The fourth-order valence-electron chi connectivity index (χ4n) is 12.3. The summed E-state index contributed by atoms with van der Waals surface area (Å²) in [7, 11) is -1.15. The Kier molecular flexibility index (Phi) is 60.6. The number of aliphatic carboxylic acids is 4. The first-order valence-electron chi connectivity index (χ1n) is 42.5. The van der Waals surface area contributed by atoms with Crippen LogP contribution in [-0.2, 0) is 80.4 Å². The third kappa shape index (κ3) is 46.1. The molecule has 6 aromatic heterocycles. The number of carboxylic acids is 4. The van der Waals surface area contributed by atoms with Crippen molar-refractivity contribution in [1.82, 2.24) is 29.9 Å². The first kappa shape index (κ1) is 118. The zero-order valence-electron chi connectivity index (χ0n) is 76.9. The maximum Gasteiger partial charge on any atom is 0.569 e. The van der Waals surface area contributed by atoms with E-state index >= 15 is 0 Å². The number of hydrogen-bond donors (Lipinski definition) is 5. The predicted molar refractivity (Wildman–Crippen MR) is 569 cm³/mol. The van der Waals surface area contributed by atoms with Gasteiger partial charge in [0.2, 0.25) is 0 Å². The standard InChI is InChI=1S/4C18H15P.2C11H10N2.C10H8BN2O2.4C2H4O2.CH3Br.3Pd/c4*1-4-10-16(11-5-1)19(17-12-6-2-7-13-17)18-14-8-3-9-15-18;2*1-9-5-7-13-11(8-9)10-4-2-3-6-12-10;14-11-15-8-4-6-13-10(7-8)9-3-1-2-5-12-9;4*1-2(3)4;1-2;;;/h4*1-15H;2*2-8H,1H3;1-7,14H;4*1H3,(H,3,4);1H3;;;. The number of carbonyl (C=O) groups is 4. The second kappa shape index (κ2) is 71.0. The van der Waals surface area contributed by atoms with Crippen molar-refractivity contribution in [2.24, 2.45) is 0 Å². The molecule has 138 heavy (non-hydrogen) atoms. The van der Waals surface area contributed by atoms with Crippen LogP contribution in [0.3, 0.4) is 0 Å². The smallest absolute Gasteiger partial charge is 0.537 e. The van der Waals surface area contributed by atoms with Crippen molar-refractivity contribution in [3.63, 3.8) is 0 Å². The number of pyridine rings is 6. The van der Waals surface area contributed by atoms with E-state index in [-0.39, 0.29) is 61.3 Å². The number of hydrogen-bond acceptors (Lipinski definition) is 12. The van der Waals surface area contributed by atoms with E-state index in [9.17, 15) is 0 Å². The van der Waals surface area contributed by atoms with Crippen LogP contribution in [0.25, 0.3) is 34.2 Å². The van der Waals surface area contributed by atoms with Crippen molar-refractivity contribution in [2.75, 3.05) is 5.83 Å². The van der Waals surface area contributed by atoms with Gasteiger partial charge in [-0.15, -0.1) is 0 Å². The van der Waals surface area contributed by atoms with E-state index < -0.39 is 55.6 Å². The Labute approximate surface area is 866 Å². The summed E-state index contributed by atoms with van der Waals surface area (Å²) in [5, 5.41) is 54.9. The van der Waals surface area contributed by atoms with Gasteiger partial charge in [0.25, 0.3) is 23.9 Å². The van der Waals surface area contributed by atoms with Crippen LogP contribution in [0.5, 0.6) is 5.75 Å². The fourth-order valence-corrected chi connectivity index (χ4v) is 21.5. The third-order valence-corrected chi connectivity index (χ3v) is 27.5. The number of alkyl halides is 1. The van der Waals surface area contributed by atoms with Crippen LogP contribution in [0.1, 0.15) is 38.8 Å². The van der Waals surface area contributed by atoms with E-state index in [0.29, 0.717) is 19.1 Å². The van der Waals surface area contributed by atoms with E-state index in [1.54, 1.807) is 49.3 Å². The van der Waals surface area contributed by atoms with E-state index in [2.05, 4.69) is 410 Å². The molecule has 0 aliphatic heterocycles. The summed E-state index contributed by atoms with van der Waals surface area (Å²) in [4.78, 5) is 61.3. The molecule has 0 aliphatic rings. The molecule has 0 spiro atoms. The summed E-state index contributed by atoms with van der Waals surface area (Å²) < 4.78 is 4.83. The zero-order chi connectivity index (χ0) is 96.7. The monoisotopic (exact) mass is 2240 g/mol. The number of nitrogens with zero attached hydrogens (tertiary/aromatic N) is 6. The number of benzene rings is 12. The average Bonchev–Trinajstić information content (AvgIpc) is 0.829. The Morgan fingerprint density at radius 2 is 0.370 bits per heavy atom. The topological polar surface area (TPSA) is 256 Å². The Morgan fingerprint density at radius 1 is 0.225 bits per heavy atom. The number of rotatable bonds is 17. The maximum atomic E-state index is 9.00. The molecule has 1 radical (unpaired) electrons. The molecule has 0 unspecified atom stereocenters. The Morgan fingerprint density at radius 3 is 0.514 bits per heavy atom. The van der Waals surface area contributed by atoms with Gasteiger partial charge in [-0.3, -0.25) is 49.1 Å². The molecule has 6 heterocycles. The molecular formula is C113H107BBrN6O10P4Pd3. The van der Waals surface area contributed by atoms with Crippen LogP contribution in [0.4, 0.5) is 0 Å². The Bertz CT molecular complexity index is 5260. The summed E-state index contributed by atoms with van der Waals surface area (Å²) >= 11 is 2.94. The largest absolute Gasteiger partial charge is 0.569 e. The zero-order valence-corrected chi connectivity index (χ0v) is 86.7. The van der Waals surface area contributed by atoms with Gasteiger partial charge in [0.1, 0.15) is 5.75 Å². The van der Waals surface area contributed by atoms with Gasteiger partial charge in [-0.1, -0.05) is 398 Å². The minimum absolute atomic E-state index is 0. The van der Waals surface area contributed by atoms with Gasteiger partial charge in [0, 0.05) is 132 Å². The molecule has 0 bridgehead atoms. The van der Waals surface area contributed by atoms with Crippen molar-refractivity contribution in [1.29, 1.82) is 0 Å². The maximum absolute atomic E-state index is 9.00. The molecule has 0 atom stereocenters. The minimum atomic E-state index is -0.833. The van der Waals surface area contributed by atoms with Crippen LogP contribution in [0.15, 0.2) is 492 Å². The molecule has 709 valence electrons. The molecule has 18 rings (SSSR count). The summed E-state index contributed by atoms with van der Waals surface area (Å²) in [6.45, 7) is 8.43. The first-order valence-corrected chi connectivity index (χ1v) is 49.5. The van der Waals surface area contributed by atoms with Crippen molar-refractivity contribution in [3.8, 4) is 39.9 Å². The average molecular weight is 2240 g/mol. The van der Waals surface area contributed by atoms with Crippen molar-refractivity contribution in [3.05, 3.63) is 503 Å². The molecule has 5 N–H and O–H groups in total. The second-order valence-electron chi connectivity index (χ2n) is 28.1. The molecule has 0 saturated heterocycles. The molecule has 0 amide bonds. The van der Waals surface area contributed by atoms with Gasteiger partial charge in [0.05, 0.1) is 34.2 Å². The number of halogens is 1. The number of aromatic nitrogens is 6. The van der Waals surface area contributed by atoms with Crippen LogP contribution in [-0.4, -0.2) is 92.7 Å². The number of carboxylic acid groups (broad SMARTS) is 4. The normalized spacial score (nSPS) is 9.51. The Hall–Kier alpha value is -12.6. The SMILES string of the molecule is CBr.CC(=O)O.CC(=O)O.CC(=O)O.CC(=O)O.Cc1ccnc(-c2ccccn2)c1.Cc1ccnc(-c2ccccn2)c1.O[B]Oc1ccnc(-c2ccccn2)c1.[Pd].[Pd].[Pd].c1ccc(P(c2ccccc2)c2ccccc2)cc1.c1ccc(P(c2ccccc2)c2ccccc2)cc1.c1ccc(P(c2ccccc2)c2ccccc2)cc1.c1ccc(P(c2ccccc2)c2ccccc2)cc1. The van der Waals surface area contributed by atoms with E-state index in [4.69, 9.17) is 49.3 Å². The summed E-state index contributed by atoms with van der Waals surface area (Å²) in [5.74, 6) is -0.999. The second-order valence-corrected chi connectivity index (χ2v) is 37.0. The third-order valence-electron chi connectivity index (χ3n) is 17.7. The van der Waals surface area contributed by atoms with Crippen LogP contribution in [0, 0.1) is 13.8 Å². The van der Waals surface area contributed by atoms with Crippen LogP contribution in [0.2, 0.25) is 0 Å². The van der Waals surface area contributed by atoms with Crippen LogP contribution >= 0.6 is 47.6 Å². The molecule has 12 aromatic carbocycles. The summed E-state index contributed by atoms with van der Waals surface area (Å²) in [5.41, 5.74) is 7.58. The van der Waals surface area contributed by atoms with E-state index in [1.165, 1.54) is 74.8 Å². The summed E-state index contributed by atoms with van der Waals surface area (Å²) in [6.07, 6.45) is 10.5. The molecule has 16 nitrogen and oxygen atoms in total. The molecule has 18 aromatic rings. The molecular weight excluding hydrogens is 2140 g/mol. The van der Waals surface area contributed by atoms with Gasteiger partial charge in [0.15, 0.2) is 0 Å². The van der Waals surface area contributed by atoms with Crippen molar-refractivity contribution >= 4 is 143 Å². The number of aryl methyl sites for hydroxylation is 2. The van der Waals surface area contributed by atoms with Gasteiger partial charge in [-0.05, 0) is 193 Å². The predicted octanol–water partition coefficient (Wildman–Crippen LogP) is 21.1. The van der Waals surface area contributed by atoms with Gasteiger partial charge in [-0.25, -0.2) is 0 Å². The molecule has 0 aliphatic carbocycles. The quantitative estimate of drug-likeness (QED) is 0.0323. The van der Waals surface area contributed by atoms with E-state index in [1.807, 2.05) is 98.5 Å². The van der Waals surface area contributed by atoms with Gasteiger partial charge >= 0.3 is 7.69 Å². The Balaban J connectivity index is 0.000000326. The molecule has 0 saturated carbocycles. The first-order chi connectivity index (χ1) is 65.8. The minimum Gasteiger partial charge on any atom is -0.537 e.